The second-order valence-corrected chi connectivity index (χ2v) is 8.61. The van der Waals surface area contributed by atoms with Crippen LogP contribution in [0, 0.1) is 0 Å². The van der Waals surface area contributed by atoms with Crippen LogP contribution in [0.3, 0.4) is 0 Å². The zero-order valence-electron chi connectivity index (χ0n) is 19.4. The second-order valence-electron chi connectivity index (χ2n) is 8.61. The normalized spacial score (nSPS) is 11.9. The van der Waals surface area contributed by atoms with Crippen LogP contribution in [-0.2, 0) is 17.8 Å². The van der Waals surface area contributed by atoms with Crippen molar-refractivity contribution in [2.45, 2.75) is 65.6 Å². The summed E-state index contributed by atoms with van der Waals surface area (Å²) in [5, 5.41) is 6.47. The first-order chi connectivity index (χ1) is 14.3. The van der Waals surface area contributed by atoms with Crippen LogP contribution >= 0.6 is 12.4 Å². The molecule has 0 aliphatic carbocycles. The SMILES string of the molecule is CCOc1cc(CNC(C)CCc2ccccc2)ccc1OCC(=O)NC(C)(C)C.Cl. The highest BCUT2D eigenvalue weighted by Gasteiger charge is 2.15. The van der Waals surface area contributed by atoms with Crippen molar-refractivity contribution in [1.29, 1.82) is 0 Å². The predicted octanol–water partition coefficient (Wildman–Crippen LogP) is 4.91. The number of carbonyl (C=O) groups excluding carboxylic acids is 1. The maximum absolute atomic E-state index is 12.0. The quantitative estimate of drug-likeness (QED) is 0.512. The molecule has 0 aromatic heterocycles. The van der Waals surface area contributed by atoms with E-state index in [0.29, 0.717) is 24.1 Å². The zero-order valence-corrected chi connectivity index (χ0v) is 20.2. The average molecular weight is 449 g/mol. The predicted molar refractivity (Wildman–Crippen MR) is 129 cm³/mol. The smallest absolute Gasteiger partial charge is 0.258 e. The molecule has 31 heavy (non-hydrogen) atoms. The molecule has 2 aromatic carbocycles. The molecule has 2 rings (SSSR count). The first-order valence-corrected chi connectivity index (χ1v) is 10.7. The van der Waals surface area contributed by atoms with Crippen molar-refractivity contribution in [2.75, 3.05) is 13.2 Å². The second kappa shape index (κ2) is 13.2. The molecule has 2 N–H and O–H groups in total. The minimum Gasteiger partial charge on any atom is -0.490 e. The Bertz CT molecular complexity index is 791. The summed E-state index contributed by atoms with van der Waals surface area (Å²) in [6.07, 6.45) is 2.13. The summed E-state index contributed by atoms with van der Waals surface area (Å²) in [4.78, 5) is 12.0. The van der Waals surface area contributed by atoms with E-state index in [0.717, 1.165) is 24.9 Å². The summed E-state index contributed by atoms with van der Waals surface area (Å²) in [6.45, 7) is 11.2. The number of hydrogen-bond donors (Lipinski definition) is 2. The number of rotatable bonds is 11. The fraction of sp³-hybridized carbons (Fsp3) is 0.480. The molecule has 0 radical (unpaired) electrons. The largest absolute Gasteiger partial charge is 0.490 e. The third kappa shape index (κ3) is 10.6. The number of benzene rings is 2. The number of carbonyl (C=O) groups is 1. The standard InChI is InChI=1S/C25H36N2O3.ClH/c1-6-29-23-16-21(14-15-22(23)30-18-24(28)27-25(3,4)5)17-26-19(2)12-13-20-10-8-7-9-11-20;/h7-11,14-16,19,26H,6,12-13,17-18H2,1-5H3,(H,27,28);1H. The summed E-state index contributed by atoms with van der Waals surface area (Å²) in [5.74, 6) is 1.10. The molecule has 6 heteroatoms. The Labute approximate surface area is 193 Å². The van der Waals surface area contributed by atoms with Gasteiger partial charge in [0.25, 0.3) is 5.91 Å². The van der Waals surface area contributed by atoms with Gasteiger partial charge in [0.1, 0.15) is 0 Å². The first kappa shape index (κ1) is 26.8. The fourth-order valence-corrected chi connectivity index (χ4v) is 3.07. The maximum Gasteiger partial charge on any atom is 0.258 e. The minimum atomic E-state index is -0.282. The van der Waals surface area contributed by atoms with Gasteiger partial charge in [-0.05, 0) is 70.7 Å². The van der Waals surface area contributed by atoms with Gasteiger partial charge in [-0.15, -0.1) is 12.4 Å². The Kier molecular flexibility index (Phi) is 11.4. The molecule has 5 nitrogen and oxygen atoms in total. The maximum atomic E-state index is 12.0. The molecule has 0 bridgehead atoms. The minimum absolute atomic E-state index is 0. The van der Waals surface area contributed by atoms with E-state index in [2.05, 4.69) is 41.8 Å². The van der Waals surface area contributed by atoms with Crippen LogP contribution in [0.15, 0.2) is 48.5 Å². The molecule has 0 aliphatic heterocycles. The van der Waals surface area contributed by atoms with Crippen LogP contribution in [0.25, 0.3) is 0 Å². The van der Waals surface area contributed by atoms with Crippen molar-refractivity contribution in [3.8, 4) is 11.5 Å². The molecule has 1 unspecified atom stereocenters. The number of halogens is 1. The monoisotopic (exact) mass is 448 g/mol. The third-order valence-corrected chi connectivity index (χ3v) is 4.54. The molecule has 1 amide bonds. The van der Waals surface area contributed by atoms with Crippen molar-refractivity contribution in [3.63, 3.8) is 0 Å². The van der Waals surface area contributed by atoms with Crippen LogP contribution in [0.5, 0.6) is 11.5 Å². The topological polar surface area (TPSA) is 59.6 Å². The lowest BCUT2D eigenvalue weighted by Crippen LogP contribution is -2.43. The Morgan fingerprint density at radius 2 is 1.71 bits per heavy atom. The van der Waals surface area contributed by atoms with Crippen LogP contribution < -0.4 is 20.1 Å². The van der Waals surface area contributed by atoms with Crippen LogP contribution in [-0.4, -0.2) is 30.7 Å². The molecule has 2 aromatic rings. The van der Waals surface area contributed by atoms with Crippen LogP contribution in [0.1, 0.15) is 52.2 Å². The molecule has 0 spiro atoms. The summed E-state index contributed by atoms with van der Waals surface area (Å²) >= 11 is 0. The summed E-state index contributed by atoms with van der Waals surface area (Å²) in [7, 11) is 0. The lowest BCUT2D eigenvalue weighted by Gasteiger charge is -2.21. The molecule has 0 saturated carbocycles. The molecule has 0 saturated heterocycles. The van der Waals surface area contributed by atoms with E-state index in [1.165, 1.54) is 5.56 Å². The average Bonchev–Trinajstić information content (AvgIpc) is 2.69. The van der Waals surface area contributed by atoms with Gasteiger partial charge in [0.15, 0.2) is 18.1 Å². The lowest BCUT2D eigenvalue weighted by molar-refractivity contribution is -0.124. The highest BCUT2D eigenvalue weighted by molar-refractivity contribution is 5.85. The number of hydrogen-bond acceptors (Lipinski definition) is 4. The van der Waals surface area contributed by atoms with Crippen molar-refractivity contribution in [2.24, 2.45) is 0 Å². The summed E-state index contributed by atoms with van der Waals surface area (Å²) in [6, 6.07) is 16.8. The number of nitrogens with one attached hydrogen (secondary N) is 2. The van der Waals surface area contributed by atoms with E-state index < -0.39 is 0 Å². The fourth-order valence-electron chi connectivity index (χ4n) is 3.07. The van der Waals surface area contributed by atoms with Gasteiger partial charge in [0.2, 0.25) is 0 Å². The van der Waals surface area contributed by atoms with Crippen LogP contribution in [0.2, 0.25) is 0 Å². The van der Waals surface area contributed by atoms with Gasteiger partial charge in [0, 0.05) is 18.1 Å². The Balaban J connectivity index is 0.00000480. The van der Waals surface area contributed by atoms with Gasteiger partial charge >= 0.3 is 0 Å². The van der Waals surface area contributed by atoms with E-state index in [-0.39, 0.29) is 30.5 Å². The third-order valence-electron chi connectivity index (χ3n) is 4.54. The van der Waals surface area contributed by atoms with Crippen molar-refractivity contribution >= 4 is 18.3 Å². The lowest BCUT2D eigenvalue weighted by atomic mass is 10.1. The van der Waals surface area contributed by atoms with Crippen molar-refractivity contribution < 1.29 is 14.3 Å². The molecule has 0 fully saturated rings. The number of ether oxygens (including phenoxy) is 2. The summed E-state index contributed by atoms with van der Waals surface area (Å²) in [5.41, 5.74) is 2.20. The Morgan fingerprint density at radius 1 is 1.00 bits per heavy atom. The van der Waals surface area contributed by atoms with Gasteiger partial charge < -0.3 is 20.1 Å². The van der Waals surface area contributed by atoms with Gasteiger partial charge in [-0.1, -0.05) is 36.4 Å². The number of aryl methyl sites for hydroxylation is 1. The zero-order chi connectivity index (χ0) is 22.0. The molecule has 1 atom stereocenters. The molecular weight excluding hydrogens is 412 g/mol. The van der Waals surface area contributed by atoms with Crippen LogP contribution in [0.4, 0.5) is 0 Å². The Hall–Kier alpha value is -2.24. The van der Waals surface area contributed by atoms with Gasteiger partial charge in [-0.3, -0.25) is 4.79 Å². The van der Waals surface area contributed by atoms with E-state index in [9.17, 15) is 4.79 Å². The highest BCUT2D eigenvalue weighted by atomic mass is 35.5. The van der Waals surface area contributed by atoms with Gasteiger partial charge in [0.05, 0.1) is 6.61 Å². The summed E-state index contributed by atoms with van der Waals surface area (Å²) < 4.78 is 11.4. The van der Waals surface area contributed by atoms with E-state index in [4.69, 9.17) is 9.47 Å². The molecular formula is C25H37ClN2O3. The van der Waals surface area contributed by atoms with Crippen molar-refractivity contribution in [3.05, 3.63) is 59.7 Å². The van der Waals surface area contributed by atoms with Crippen molar-refractivity contribution in [1.82, 2.24) is 10.6 Å². The molecule has 0 heterocycles. The molecule has 0 aliphatic rings. The molecule has 172 valence electrons. The van der Waals surface area contributed by atoms with E-state index >= 15 is 0 Å². The highest BCUT2D eigenvalue weighted by Crippen LogP contribution is 2.28. The van der Waals surface area contributed by atoms with E-state index in [1.54, 1.807) is 0 Å². The number of amides is 1. The Morgan fingerprint density at radius 3 is 2.35 bits per heavy atom. The van der Waals surface area contributed by atoms with E-state index in [1.807, 2.05) is 52.0 Å². The van der Waals surface area contributed by atoms with Gasteiger partial charge in [-0.2, -0.15) is 0 Å². The first-order valence-electron chi connectivity index (χ1n) is 10.7. The van der Waals surface area contributed by atoms with Gasteiger partial charge in [-0.25, -0.2) is 0 Å².